The third-order valence-electron chi connectivity index (χ3n) is 1.71. The first-order valence-electron chi connectivity index (χ1n) is 4.33. The second kappa shape index (κ2) is 4.28. The van der Waals surface area contributed by atoms with Crippen LogP contribution in [0.1, 0.15) is 0 Å². The zero-order valence-electron chi connectivity index (χ0n) is 7.55. The number of para-hydroxylation sites is 1. The zero-order chi connectivity index (χ0) is 9.64. The smallest absolute Gasteiger partial charge is 0.158 e. The Morgan fingerprint density at radius 1 is 0.929 bits per heavy atom. The van der Waals surface area contributed by atoms with Crippen LogP contribution in [0.15, 0.2) is 54.9 Å². The first-order chi connectivity index (χ1) is 6.95. The molecular formula is C11H10N2O. The number of aromatic nitrogens is 1. The SMILES string of the molecule is c1ccc(NOc2ccncc2)cc1. The lowest BCUT2D eigenvalue weighted by atomic mass is 10.3. The van der Waals surface area contributed by atoms with Crippen LogP contribution in [0.3, 0.4) is 0 Å². The molecule has 3 nitrogen and oxygen atoms in total. The van der Waals surface area contributed by atoms with E-state index in [1.54, 1.807) is 24.5 Å². The lowest BCUT2D eigenvalue weighted by Crippen LogP contribution is -2.03. The summed E-state index contributed by atoms with van der Waals surface area (Å²) in [5.41, 5.74) is 3.75. The first kappa shape index (κ1) is 8.56. The molecule has 0 saturated heterocycles. The summed E-state index contributed by atoms with van der Waals surface area (Å²) >= 11 is 0. The molecule has 1 aromatic heterocycles. The Morgan fingerprint density at radius 3 is 2.36 bits per heavy atom. The minimum atomic E-state index is 0.740. The van der Waals surface area contributed by atoms with Crippen LogP contribution >= 0.6 is 0 Å². The standard InChI is InChI=1S/C11H10N2O/c1-2-4-10(5-3-1)13-14-11-6-8-12-9-7-11/h1-9,13H. The maximum atomic E-state index is 5.30. The molecular weight excluding hydrogens is 176 g/mol. The minimum absolute atomic E-state index is 0.740. The zero-order valence-corrected chi connectivity index (χ0v) is 7.55. The summed E-state index contributed by atoms with van der Waals surface area (Å²) in [4.78, 5) is 9.19. The van der Waals surface area contributed by atoms with Crippen LogP contribution in [0.5, 0.6) is 5.75 Å². The van der Waals surface area contributed by atoms with Crippen molar-refractivity contribution in [2.24, 2.45) is 0 Å². The molecule has 2 aromatic rings. The number of hydrogen-bond acceptors (Lipinski definition) is 3. The highest BCUT2D eigenvalue weighted by Crippen LogP contribution is 2.10. The summed E-state index contributed by atoms with van der Waals surface area (Å²) in [6.07, 6.45) is 3.37. The van der Waals surface area contributed by atoms with Crippen molar-refractivity contribution < 1.29 is 4.84 Å². The molecule has 0 amide bonds. The van der Waals surface area contributed by atoms with Crippen LogP contribution in [0, 0.1) is 0 Å². The quantitative estimate of drug-likeness (QED) is 0.748. The average Bonchev–Trinajstić information content (AvgIpc) is 2.29. The van der Waals surface area contributed by atoms with Gasteiger partial charge in [0.1, 0.15) is 0 Å². The summed E-state index contributed by atoms with van der Waals surface area (Å²) in [5.74, 6) is 0.740. The summed E-state index contributed by atoms with van der Waals surface area (Å²) in [6, 6.07) is 13.3. The predicted octanol–water partition coefficient (Wildman–Crippen LogP) is 2.49. The van der Waals surface area contributed by atoms with Gasteiger partial charge < -0.3 is 4.84 Å². The van der Waals surface area contributed by atoms with E-state index in [1.807, 2.05) is 30.3 Å². The second-order valence-electron chi connectivity index (χ2n) is 2.75. The van der Waals surface area contributed by atoms with Gasteiger partial charge in [-0.3, -0.25) is 4.98 Å². The van der Waals surface area contributed by atoms with Crippen LogP contribution in [-0.2, 0) is 0 Å². The summed E-state index contributed by atoms with van der Waals surface area (Å²) in [7, 11) is 0. The van der Waals surface area contributed by atoms with Crippen molar-refractivity contribution in [3.05, 3.63) is 54.9 Å². The summed E-state index contributed by atoms with van der Waals surface area (Å²) in [6.45, 7) is 0. The average molecular weight is 186 g/mol. The Balaban J connectivity index is 1.96. The van der Waals surface area contributed by atoms with Crippen molar-refractivity contribution >= 4 is 5.69 Å². The maximum Gasteiger partial charge on any atom is 0.158 e. The molecule has 70 valence electrons. The Bertz CT molecular complexity index is 336. The molecule has 0 aliphatic rings. The lowest BCUT2D eigenvalue weighted by Gasteiger charge is -2.06. The molecule has 3 heteroatoms. The largest absolute Gasteiger partial charge is 0.382 e. The van der Waals surface area contributed by atoms with Crippen molar-refractivity contribution in [3.63, 3.8) is 0 Å². The van der Waals surface area contributed by atoms with Crippen molar-refractivity contribution in [2.45, 2.75) is 0 Å². The molecule has 0 atom stereocenters. The van der Waals surface area contributed by atoms with Gasteiger partial charge in [-0.15, -0.1) is 0 Å². The molecule has 2 rings (SSSR count). The normalized spacial score (nSPS) is 9.43. The fraction of sp³-hybridized carbons (Fsp3) is 0. The Labute approximate surface area is 82.3 Å². The van der Waals surface area contributed by atoms with Crippen molar-refractivity contribution in [3.8, 4) is 5.75 Å². The topological polar surface area (TPSA) is 34.1 Å². The number of nitrogens with one attached hydrogen (secondary N) is 1. The molecule has 0 fully saturated rings. The van der Waals surface area contributed by atoms with Gasteiger partial charge >= 0.3 is 0 Å². The van der Waals surface area contributed by atoms with Gasteiger partial charge in [-0.1, -0.05) is 18.2 Å². The van der Waals surface area contributed by atoms with E-state index in [4.69, 9.17) is 4.84 Å². The molecule has 0 aliphatic heterocycles. The maximum absolute atomic E-state index is 5.30. The molecule has 0 aliphatic carbocycles. The highest BCUT2D eigenvalue weighted by Gasteiger charge is 1.91. The van der Waals surface area contributed by atoms with Gasteiger partial charge in [0.2, 0.25) is 0 Å². The highest BCUT2D eigenvalue weighted by molar-refractivity contribution is 5.41. The number of pyridine rings is 1. The molecule has 0 spiro atoms. The first-order valence-corrected chi connectivity index (χ1v) is 4.33. The van der Waals surface area contributed by atoms with Crippen LogP contribution in [0.2, 0.25) is 0 Å². The molecule has 0 radical (unpaired) electrons. The van der Waals surface area contributed by atoms with Crippen molar-refractivity contribution in [1.82, 2.24) is 4.98 Å². The van der Waals surface area contributed by atoms with E-state index >= 15 is 0 Å². The number of rotatable bonds is 3. The van der Waals surface area contributed by atoms with E-state index in [1.165, 1.54) is 0 Å². The van der Waals surface area contributed by atoms with E-state index in [-0.39, 0.29) is 0 Å². The fourth-order valence-electron chi connectivity index (χ4n) is 1.03. The summed E-state index contributed by atoms with van der Waals surface area (Å²) < 4.78 is 0. The van der Waals surface area contributed by atoms with E-state index in [2.05, 4.69) is 10.5 Å². The van der Waals surface area contributed by atoms with Crippen molar-refractivity contribution in [2.75, 3.05) is 5.48 Å². The third-order valence-corrected chi connectivity index (χ3v) is 1.71. The Hall–Kier alpha value is -2.03. The fourth-order valence-corrected chi connectivity index (χ4v) is 1.03. The predicted molar refractivity (Wildman–Crippen MR) is 54.9 cm³/mol. The Kier molecular flexibility index (Phi) is 2.62. The van der Waals surface area contributed by atoms with E-state index in [0.717, 1.165) is 11.4 Å². The summed E-state index contributed by atoms with van der Waals surface area (Å²) in [5, 5.41) is 0. The molecule has 1 heterocycles. The van der Waals surface area contributed by atoms with Gasteiger partial charge in [0, 0.05) is 24.5 Å². The highest BCUT2D eigenvalue weighted by atomic mass is 16.6. The second-order valence-corrected chi connectivity index (χ2v) is 2.75. The van der Waals surface area contributed by atoms with Gasteiger partial charge in [-0.25, -0.2) is 5.48 Å². The van der Waals surface area contributed by atoms with Gasteiger partial charge in [0.05, 0.1) is 5.69 Å². The van der Waals surface area contributed by atoms with E-state index in [9.17, 15) is 0 Å². The van der Waals surface area contributed by atoms with Gasteiger partial charge in [-0.05, 0) is 12.1 Å². The molecule has 0 saturated carbocycles. The van der Waals surface area contributed by atoms with Crippen LogP contribution in [0.4, 0.5) is 5.69 Å². The third kappa shape index (κ3) is 2.23. The number of anilines is 1. The number of benzene rings is 1. The molecule has 0 bridgehead atoms. The monoisotopic (exact) mass is 186 g/mol. The number of nitrogens with zero attached hydrogens (tertiary/aromatic N) is 1. The minimum Gasteiger partial charge on any atom is -0.382 e. The molecule has 0 unspecified atom stereocenters. The van der Waals surface area contributed by atoms with Crippen LogP contribution in [-0.4, -0.2) is 4.98 Å². The van der Waals surface area contributed by atoms with Crippen molar-refractivity contribution in [1.29, 1.82) is 0 Å². The molecule has 14 heavy (non-hydrogen) atoms. The van der Waals surface area contributed by atoms with Gasteiger partial charge in [-0.2, -0.15) is 0 Å². The van der Waals surface area contributed by atoms with Gasteiger partial charge in [0.15, 0.2) is 5.75 Å². The Morgan fingerprint density at radius 2 is 1.64 bits per heavy atom. The lowest BCUT2D eigenvalue weighted by molar-refractivity contribution is 0.404. The van der Waals surface area contributed by atoms with E-state index in [0.29, 0.717) is 0 Å². The molecule has 1 aromatic carbocycles. The number of hydrogen-bond donors (Lipinski definition) is 1. The van der Waals surface area contributed by atoms with E-state index < -0.39 is 0 Å². The van der Waals surface area contributed by atoms with Crippen LogP contribution in [0.25, 0.3) is 0 Å². The van der Waals surface area contributed by atoms with Crippen LogP contribution < -0.4 is 10.3 Å². The van der Waals surface area contributed by atoms with Gasteiger partial charge in [0.25, 0.3) is 0 Å². The molecule has 1 N–H and O–H groups in total.